The highest BCUT2D eigenvalue weighted by atomic mass is 35.5. The van der Waals surface area contributed by atoms with E-state index in [9.17, 15) is 4.79 Å². The van der Waals surface area contributed by atoms with Crippen molar-refractivity contribution < 1.29 is 4.79 Å². The number of nitrogens with zero attached hydrogens (tertiary/aromatic N) is 1. The summed E-state index contributed by atoms with van der Waals surface area (Å²) in [6, 6.07) is 3.88. The Balaban J connectivity index is 1.77. The molecule has 1 amide bonds. The Labute approximate surface area is 134 Å². The van der Waals surface area contributed by atoms with Gasteiger partial charge in [-0.3, -0.25) is 4.79 Å². The molecule has 2 heterocycles. The molecule has 1 aromatic heterocycles. The fourth-order valence-electron chi connectivity index (χ4n) is 2.32. The molecule has 1 aliphatic heterocycles. The molecule has 0 unspecified atom stereocenters. The molecule has 1 aromatic rings. The summed E-state index contributed by atoms with van der Waals surface area (Å²) in [5, 5.41) is 3.10. The molecular formula is C14H21ClN2OS2. The Morgan fingerprint density at radius 3 is 2.85 bits per heavy atom. The van der Waals surface area contributed by atoms with Crippen molar-refractivity contribution in [3.05, 3.63) is 21.3 Å². The van der Waals surface area contributed by atoms with E-state index >= 15 is 0 Å². The van der Waals surface area contributed by atoms with Gasteiger partial charge in [-0.15, -0.1) is 11.3 Å². The summed E-state index contributed by atoms with van der Waals surface area (Å²) in [6.45, 7) is 0.747. The number of rotatable bonds is 6. The molecule has 2 rings (SSSR count). The number of nitrogens with one attached hydrogen (secondary N) is 1. The van der Waals surface area contributed by atoms with E-state index in [4.69, 9.17) is 11.6 Å². The van der Waals surface area contributed by atoms with Crippen molar-refractivity contribution in [2.45, 2.75) is 24.8 Å². The number of thiophene rings is 1. The van der Waals surface area contributed by atoms with Crippen LogP contribution in [0.2, 0.25) is 4.34 Å². The lowest BCUT2D eigenvalue weighted by atomic mass is 9.97. The predicted octanol–water partition coefficient (Wildman–Crippen LogP) is 2.89. The predicted molar refractivity (Wildman–Crippen MR) is 89.0 cm³/mol. The van der Waals surface area contributed by atoms with Crippen LogP contribution in [0.15, 0.2) is 12.1 Å². The standard InChI is InChI=1S/C14H21ClN2OS2/c1-17(2)14(7-8-19-10-14)9-16-13(18)6-4-11-3-5-12(15)20-11/h3,5H,4,6-10H2,1-2H3,(H,16,18)/t14-/m0/s1. The number of carbonyl (C=O) groups excluding carboxylic acids is 1. The Hall–Kier alpha value is -0.230. The molecule has 0 aromatic carbocycles. The van der Waals surface area contributed by atoms with E-state index in [0.717, 1.165) is 29.5 Å². The molecule has 0 saturated carbocycles. The van der Waals surface area contributed by atoms with Gasteiger partial charge >= 0.3 is 0 Å². The summed E-state index contributed by atoms with van der Waals surface area (Å²) in [6.07, 6.45) is 2.45. The number of carbonyl (C=O) groups is 1. The minimum Gasteiger partial charge on any atom is -0.354 e. The molecule has 1 saturated heterocycles. The van der Waals surface area contributed by atoms with Crippen LogP contribution in [0.5, 0.6) is 0 Å². The molecular weight excluding hydrogens is 312 g/mol. The molecule has 0 bridgehead atoms. The van der Waals surface area contributed by atoms with Gasteiger partial charge in [-0.25, -0.2) is 0 Å². The lowest BCUT2D eigenvalue weighted by Crippen LogP contribution is -2.53. The summed E-state index contributed by atoms with van der Waals surface area (Å²) < 4.78 is 0.787. The van der Waals surface area contributed by atoms with Gasteiger partial charge in [0.15, 0.2) is 0 Å². The number of hydrogen-bond donors (Lipinski definition) is 1. The second-order valence-electron chi connectivity index (χ2n) is 5.40. The summed E-state index contributed by atoms with van der Waals surface area (Å²) in [4.78, 5) is 15.4. The van der Waals surface area contributed by atoms with Gasteiger partial charge in [0.1, 0.15) is 0 Å². The van der Waals surface area contributed by atoms with Crippen LogP contribution in [0.1, 0.15) is 17.7 Å². The van der Waals surface area contributed by atoms with Crippen LogP contribution in [0, 0.1) is 0 Å². The van der Waals surface area contributed by atoms with E-state index in [1.54, 1.807) is 11.3 Å². The molecule has 0 spiro atoms. The number of halogens is 1. The third kappa shape index (κ3) is 4.13. The Morgan fingerprint density at radius 1 is 1.50 bits per heavy atom. The maximum absolute atomic E-state index is 12.0. The highest BCUT2D eigenvalue weighted by Gasteiger charge is 2.36. The molecule has 3 nitrogen and oxygen atoms in total. The highest BCUT2D eigenvalue weighted by molar-refractivity contribution is 7.99. The second kappa shape index (κ2) is 7.16. The minimum absolute atomic E-state index is 0.132. The first kappa shape index (κ1) is 16.1. The van der Waals surface area contributed by atoms with Crippen molar-refractivity contribution in [2.75, 3.05) is 32.1 Å². The van der Waals surface area contributed by atoms with Crippen LogP contribution in [0.4, 0.5) is 0 Å². The van der Waals surface area contributed by atoms with Gasteiger partial charge in [-0.2, -0.15) is 11.8 Å². The average molecular weight is 333 g/mol. The Morgan fingerprint density at radius 2 is 2.30 bits per heavy atom. The Kier molecular flexibility index (Phi) is 5.78. The third-order valence-electron chi connectivity index (χ3n) is 3.87. The van der Waals surface area contributed by atoms with Crippen molar-refractivity contribution in [1.29, 1.82) is 0 Å². The molecule has 0 radical (unpaired) electrons. The third-order valence-corrected chi connectivity index (χ3v) is 6.40. The number of likely N-dealkylation sites (N-methyl/N-ethyl adjacent to an activating group) is 1. The van der Waals surface area contributed by atoms with E-state index in [1.807, 2.05) is 23.9 Å². The zero-order chi connectivity index (χ0) is 14.6. The molecule has 0 aliphatic carbocycles. The zero-order valence-corrected chi connectivity index (χ0v) is 14.3. The van der Waals surface area contributed by atoms with E-state index in [2.05, 4.69) is 24.3 Å². The monoisotopic (exact) mass is 332 g/mol. The van der Waals surface area contributed by atoms with Crippen molar-refractivity contribution >= 4 is 40.6 Å². The van der Waals surface area contributed by atoms with Crippen LogP contribution >= 0.6 is 34.7 Å². The van der Waals surface area contributed by atoms with Crippen LogP contribution in [0.3, 0.4) is 0 Å². The van der Waals surface area contributed by atoms with Gasteiger partial charge < -0.3 is 10.2 Å². The van der Waals surface area contributed by atoms with Crippen molar-refractivity contribution in [1.82, 2.24) is 10.2 Å². The molecule has 20 heavy (non-hydrogen) atoms. The molecule has 1 atom stereocenters. The zero-order valence-electron chi connectivity index (χ0n) is 11.9. The number of thioether (sulfide) groups is 1. The van der Waals surface area contributed by atoms with Crippen LogP contribution < -0.4 is 5.32 Å². The molecule has 6 heteroatoms. The number of amides is 1. The average Bonchev–Trinajstić information content (AvgIpc) is 3.03. The minimum atomic E-state index is 0.132. The van der Waals surface area contributed by atoms with Gasteiger partial charge in [0.2, 0.25) is 5.91 Å². The summed E-state index contributed by atoms with van der Waals surface area (Å²) in [5.74, 6) is 2.41. The van der Waals surface area contributed by atoms with Gasteiger partial charge in [0.25, 0.3) is 0 Å². The van der Waals surface area contributed by atoms with E-state index < -0.39 is 0 Å². The van der Waals surface area contributed by atoms with Crippen molar-refractivity contribution in [3.63, 3.8) is 0 Å². The maximum atomic E-state index is 12.0. The summed E-state index contributed by atoms with van der Waals surface area (Å²) >= 11 is 9.41. The first-order chi connectivity index (χ1) is 9.52. The topological polar surface area (TPSA) is 32.3 Å². The molecule has 1 N–H and O–H groups in total. The van der Waals surface area contributed by atoms with Gasteiger partial charge in [0.05, 0.1) is 4.34 Å². The van der Waals surface area contributed by atoms with Crippen LogP contribution in [-0.4, -0.2) is 48.5 Å². The smallest absolute Gasteiger partial charge is 0.220 e. The molecule has 1 aliphatic rings. The highest BCUT2D eigenvalue weighted by Crippen LogP contribution is 2.31. The van der Waals surface area contributed by atoms with Crippen molar-refractivity contribution in [2.24, 2.45) is 0 Å². The second-order valence-corrected chi connectivity index (χ2v) is 8.31. The number of aryl methyl sites for hydroxylation is 1. The lowest BCUT2D eigenvalue weighted by molar-refractivity contribution is -0.121. The lowest BCUT2D eigenvalue weighted by Gasteiger charge is -2.35. The summed E-state index contributed by atoms with van der Waals surface area (Å²) in [5.41, 5.74) is 0.132. The fraction of sp³-hybridized carbons (Fsp3) is 0.643. The largest absolute Gasteiger partial charge is 0.354 e. The van der Waals surface area contributed by atoms with Gasteiger partial charge in [0, 0.05) is 29.1 Å². The van der Waals surface area contributed by atoms with Crippen LogP contribution in [-0.2, 0) is 11.2 Å². The van der Waals surface area contributed by atoms with Gasteiger partial charge in [-0.05, 0) is 44.8 Å². The van der Waals surface area contributed by atoms with Crippen LogP contribution in [0.25, 0.3) is 0 Å². The Bertz CT molecular complexity index is 456. The summed E-state index contributed by atoms with van der Waals surface area (Å²) in [7, 11) is 4.21. The quantitative estimate of drug-likeness (QED) is 0.869. The molecule has 1 fully saturated rings. The number of hydrogen-bond acceptors (Lipinski definition) is 4. The normalized spacial score (nSPS) is 22.4. The fourth-order valence-corrected chi connectivity index (χ4v) is 4.96. The molecule has 112 valence electrons. The SMILES string of the molecule is CN(C)[C@]1(CNC(=O)CCc2ccc(Cl)s2)CCSC1. The van der Waals surface area contributed by atoms with E-state index in [-0.39, 0.29) is 11.4 Å². The van der Waals surface area contributed by atoms with Gasteiger partial charge in [-0.1, -0.05) is 11.6 Å². The first-order valence-electron chi connectivity index (χ1n) is 6.78. The first-order valence-corrected chi connectivity index (χ1v) is 9.13. The van der Waals surface area contributed by atoms with E-state index in [1.165, 1.54) is 10.6 Å². The maximum Gasteiger partial charge on any atom is 0.220 e. The van der Waals surface area contributed by atoms with Crippen molar-refractivity contribution in [3.8, 4) is 0 Å². The van der Waals surface area contributed by atoms with E-state index in [0.29, 0.717) is 6.42 Å².